The molecule has 0 bridgehead atoms. The minimum Gasteiger partial charge on any atom is -0.140 e. The molecule has 0 aliphatic heterocycles. The van der Waals surface area contributed by atoms with Crippen LogP contribution < -0.4 is 0 Å². The quantitative estimate of drug-likeness (QED) is 0.607. The van der Waals surface area contributed by atoms with Crippen LogP contribution in [-0.2, 0) is 0 Å². The summed E-state index contributed by atoms with van der Waals surface area (Å²) in [5, 5.41) is 1.40. The minimum absolute atomic E-state index is 0.627. The van der Waals surface area contributed by atoms with Gasteiger partial charge in [0.25, 0.3) is 0 Å². The summed E-state index contributed by atoms with van der Waals surface area (Å²) < 4.78 is 1.47. The van der Waals surface area contributed by atoms with Gasteiger partial charge >= 0.3 is 0 Å². The molecule has 0 unspecified atom stereocenters. The van der Waals surface area contributed by atoms with Crippen LogP contribution in [0.5, 0.6) is 0 Å². The molecule has 0 aliphatic rings. The maximum absolute atomic E-state index is 2.27. The Morgan fingerprint density at radius 1 is 1.13 bits per heavy atom. The smallest absolute Gasteiger partial charge is 0.0380 e. The first-order valence-corrected chi connectivity index (χ1v) is 6.49. The summed E-state index contributed by atoms with van der Waals surface area (Å²) >= 11 is 1.91. The van der Waals surface area contributed by atoms with Gasteiger partial charge in [-0.05, 0) is 29.9 Å². The van der Waals surface area contributed by atoms with Gasteiger partial charge in [-0.25, -0.2) is 0 Å². The van der Waals surface area contributed by atoms with E-state index >= 15 is 0 Å². The average molecular weight is 220 g/mol. The van der Waals surface area contributed by atoms with Crippen LogP contribution in [0.2, 0.25) is 0 Å². The molecule has 0 aliphatic carbocycles. The van der Waals surface area contributed by atoms with Gasteiger partial charge in [-0.3, -0.25) is 0 Å². The number of aryl methyl sites for hydroxylation is 1. The highest BCUT2D eigenvalue weighted by Crippen LogP contribution is 2.31. The van der Waals surface area contributed by atoms with Crippen LogP contribution in [-0.4, -0.2) is 0 Å². The summed E-state index contributed by atoms with van der Waals surface area (Å²) in [4.78, 5) is 1.41. The molecule has 0 nitrogen and oxygen atoms in total. The van der Waals surface area contributed by atoms with E-state index in [1.165, 1.54) is 20.5 Å². The first-order chi connectivity index (χ1) is 7.18. The fourth-order valence-corrected chi connectivity index (χ4v) is 2.84. The van der Waals surface area contributed by atoms with Crippen molar-refractivity contribution >= 4 is 21.4 Å². The normalized spacial score (nSPS) is 10.3. The molecule has 0 N–H and O–H groups in total. The molecular formula is C14H20S. The lowest BCUT2D eigenvalue weighted by Gasteiger charge is -2.05. The topological polar surface area (TPSA) is 0 Å². The molecule has 0 saturated carbocycles. The van der Waals surface area contributed by atoms with Gasteiger partial charge in [-0.2, -0.15) is 0 Å². The molecule has 0 saturated heterocycles. The van der Waals surface area contributed by atoms with E-state index in [4.69, 9.17) is 0 Å². The molecule has 0 spiro atoms. The molecule has 0 atom stereocenters. The summed E-state index contributed by atoms with van der Waals surface area (Å²) in [5.74, 6) is 0.627. The molecule has 1 aromatic heterocycles. The Hall–Kier alpha value is -0.820. The van der Waals surface area contributed by atoms with Gasteiger partial charge < -0.3 is 0 Å². The number of benzene rings is 1. The van der Waals surface area contributed by atoms with Gasteiger partial charge in [0, 0.05) is 9.58 Å². The van der Waals surface area contributed by atoms with Crippen LogP contribution in [0.4, 0.5) is 0 Å². The zero-order valence-electron chi connectivity index (χ0n) is 10.3. The maximum atomic E-state index is 2.27. The molecule has 1 heteroatoms. The zero-order valence-corrected chi connectivity index (χ0v) is 11.1. The number of hydrogen-bond acceptors (Lipinski definition) is 1. The molecule has 0 radical (unpaired) electrons. The van der Waals surface area contributed by atoms with Crippen LogP contribution in [0.25, 0.3) is 10.1 Å². The van der Waals surface area contributed by atoms with Gasteiger partial charge in [-0.1, -0.05) is 45.9 Å². The zero-order chi connectivity index (χ0) is 11.4. The summed E-state index contributed by atoms with van der Waals surface area (Å²) in [7, 11) is 0. The van der Waals surface area contributed by atoms with E-state index in [1.54, 1.807) is 0 Å². The van der Waals surface area contributed by atoms with Crippen molar-refractivity contribution in [3.05, 3.63) is 34.7 Å². The fourth-order valence-electron chi connectivity index (χ4n) is 1.67. The number of thiophene rings is 1. The highest BCUT2D eigenvalue weighted by molar-refractivity contribution is 7.19. The predicted molar refractivity (Wildman–Crippen MR) is 72.0 cm³/mol. The molecule has 0 amide bonds. The monoisotopic (exact) mass is 220 g/mol. The molecule has 0 fully saturated rings. The van der Waals surface area contributed by atoms with Crippen LogP contribution in [0.1, 0.15) is 44.1 Å². The van der Waals surface area contributed by atoms with E-state index in [0.717, 1.165) is 0 Å². The van der Waals surface area contributed by atoms with Crippen molar-refractivity contribution in [2.24, 2.45) is 0 Å². The van der Waals surface area contributed by atoms with Crippen molar-refractivity contribution in [2.75, 3.05) is 0 Å². The van der Waals surface area contributed by atoms with Crippen molar-refractivity contribution < 1.29 is 0 Å². The molecule has 2 rings (SSSR count). The third-order valence-corrected chi connectivity index (χ3v) is 3.44. The van der Waals surface area contributed by atoms with Crippen molar-refractivity contribution in [3.63, 3.8) is 0 Å². The standard InChI is InChI=1S/C12H14S.C2H6/c1-8(2)11-6-4-5-10-7-9(3)13-12(10)11;1-2/h4-8H,1-3H3;1-2H3. The Morgan fingerprint density at radius 2 is 1.80 bits per heavy atom. The first kappa shape index (κ1) is 12.3. The van der Waals surface area contributed by atoms with Crippen molar-refractivity contribution in [2.45, 2.75) is 40.5 Å². The Balaban J connectivity index is 0.000000531. The average Bonchev–Trinajstić information content (AvgIpc) is 2.60. The van der Waals surface area contributed by atoms with Crippen molar-refractivity contribution in [1.82, 2.24) is 0 Å². The summed E-state index contributed by atoms with van der Waals surface area (Å²) in [5.41, 5.74) is 1.48. The van der Waals surface area contributed by atoms with Crippen LogP contribution in [0.3, 0.4) is 0 Å². The molecule has 1 heterocycles. The predicted octanol–water partition coefficient (Wildman–Crippen LogP) is 5.36. The van der Waals surface area contributed by atoms with Gasteiger partial charge in [0.05, 0.1) is 0 Å². The van der Waals surface area contributed by atoms with Gasteiger partial charge in [0.1, 0.15) is 0 Å². The highest BCUT2D eigenvalue weighted by Gasteiger charge is 2.06. The number of fused-ring (bicyclic) bond motifs is 1. The SMILES string of the molecule is CC.Cc1cc2cccc(C(C)C)c2s1. The lowest BCUT2D eigenvalue weighted by molar-refractivity contribution is 0.878. The molecule has 1 aromatic carbocycles. The van der Waals surface area contributed by atoms with E-state index in [0.29, 0.717) is 5.92 Å². The first-order valence-electron chi connectivity index (χ1n) is 5.67. The molecule has 2 aromatic rings. The van der Waals surface area contributed by atoms with Crippen LogP contribution in [0, 0.1) is 6.92 Å². The van der Waals surface area contributed by atoms with Gasteiger partial charge in [0.2, 0.25) is 0 Å². The fraction of sp³-hybridized carbons (Fsp3) is 0.429. The lowest BCUT2D eigenvalue weighted by atomic mass is 10.0. The van der Waals surface area contributed by atoms with E-state index in [9.17, 15) is 0 Å². The third-order valence-electron chi connectivity index (χ3n) is 2.32. The second-order valence-electron chi connectivity index (χ2n) is 3.78. The Kier molecular flexibility index (Phi) is 4.34. The second kappa shape index (κ2) is 5.32. The maximum Gasteiger partial charge on any atom is 0.0380 e. The van der Waals surface area contributed by atoms with E-state index in [2.05, 4.69) is 45.0 Å². The van der Waals surface area contributed by atoms with Gasteiger partial charge in [-0.15, -0.1) is 11.3 Å². The van der Waals surface area contributed by atoms with E-state index in [-0.39, 0.29) is 0 Å². The largest absolute Gasteiger partial charge is 0.140 e. The van der Waals surface area contributed by atoms with Gasteiger partial charge in [0.15, 0.2) is 0 Å². The lowest BCUT2D eigenvalue weighted by Crippen LogP contribution is -1.85. The summed E-state index contributed by atoms with van der Waals surface area (Å²) in [6.07, 6.45) is 0. The summed E-state index contributed by atoms with van der Waals surface area (Å²) in [6.45, 7) is 10.7. The Labute approximate surface area is 96.9 Å². The Bertz CT molecular complexity index is 424. The van der Waals surface area contributed by atoms with Crippen molar-refractivity contribution in [3.8, 4) is 0 Å². The number of rotatable bonds is 1. The third kappa shape index (κ3) is 2.60. The molecule has 15 heavy (non-hydrogen) atoms. The van der Waals surface area contributed by atoms with E-state index in [1.807, 2.05) is 25.2 Å². The molecular weight excluding hydrogens is 200 g/mol. The second-order valence-corrected chi connectivity index (χ2v) is 5.03. The van der Waals surface area contributed by atoms with Crippen molar-refractivity contribution in [1.29, 1.82) is 0 Å². The van der Waals surface area contributed by atoms with Crippen LogP contribution in [0.15, 0.2) is 24.3 Å². The highest BCUT2D eigenvalue weighted by atomic mass is 32.1. The summed E-state index contributed by atoms with van der Waals surface area (Å²) in [6, 6.07) is 8.86. The number of hydrogen-bond donors (Lipinski definition) is 0. The Morgan fingerprint density at radius 3 is 2.40 bits per heavy atom. The van der Waals surface area contributed by atoms with E-state index < -0.39 is 0 Å². The molecule has 82 valence electrons. The van der Waals surface area contributed by atoms with Crippen LogP contribution >= 0.6 is 11.3 Å². The minimum atomic E-state index is 0.627.